The quantitative estimate of drug-likeness (QED) is 0.590. The van der Waals surface area contributed by atoms with Gasteiger partial charge in [-0.1, -0.05) is 6.07 Å². The molecule has 1 aliphatic heterocycles. The Kier molecular flexibility index (Phi) is 6.48. The molecular formula is C20H21N3O4S2. The normalized spacial score (nSPS) is 16.2. The Labute approximate surface area is 176 Å². The van der Waals surface area contributed by atoms with Crippen LogP contribution in [0, 0.1) is 0 Å². The Balaban J connectivity index is 1.25. The Morgan fingerprint density at radius 1 is 1.41 bits per heavy atom. The summed E-state index contributed by atoms with van der Waals surface area (Å²) in [5.41, 5.74) is 1.27. The minimum atomic E-state index is -0.111. The number of ether oxygens (including phenoxy) is 2. The summed E-state index contributed by atoms with van der Waals surface area (Å²) in [5, 5.41) is 4.70. The second-order valence-corrected chi connectivity index (χ2v) is 8.51. The second kappa shape index (κ2) is 9.43. The minimum Gasteiger partial charge on any atom is -0.491 e. The van der Waals surface area contributed by atoms with Crippen LogP contribution in [0.15, 0.2) is 46.7 Å². The van der Waals surface area contributed by atoms with Gasteiger partial charge in [0.2, 0.25) is 5.91 Å². The summed E-state index contributed by atoms with van der Waals surface area (Å²) < 4.78 is 12.8. The second-order valence-electron chi connectivity index (χ2n) is 6.66. The van der Waals surface area contributed by atoms with Crippen LogP contribution in [0.4, 0.5) is 5.69 Å². The van der Waals surface area contributed by atoms with Gasteiger partial charge in [0.15, 0.2) is 4.96 Å². The van der Waals surface area contributed by atoms with E-state index in [4.69, 9.17) is 9.47 Å². The molecule has 1 aromatic carbocycles. The molecule has 4 rings (SSSR count). The number of hydrogen-bond donors (Lipinski definition) is 1. The maximum absolute atomic E-state index is 12.2. The molecule has 0 aliphatic carbocycles. The molecule has 7 nitrogen and oxygen atoms in total. The molecule has 3 aromatic rings. The number of rotatable bonds is 8. The highest BCUT2D eigenvalue weighted by atomic mass is 32.2. The van der Waals surface area contributed by atoms with Crippen molar-refractivity contribution in [3.05, 3.63) is 58.0 Å². The molecule has 1 saturated heterocycles. The van der Waals surface area contributed by atoms with E-state index in [9.17, 15) is 9.59 Å². The minimum absolute atomic E-state index is 0.101. The Morgan fingerprint density at radius 3 is 3.21 bits per heavy atom. The van der Waals surface area contributed by atoms with Gasteiger partial charge in [0.25, 0.3) is 5.56 Å². The molecule has 1 amide bonds. The predicted octanol–water partition coefficient (Wildman–Crippen LogP) is 3.19. The molecule has 0 bridgehead atoms. The lowest BCUT2D eigenvalue weighted by molar-refractivity contribution is -0.113. The van der Waals surface area contributed by atoms with Crippen LogP contribution in [0.3, 0.4) is 0 Å². The zero-order valence-corrected chi connectivity index (χ0v) is 17.3. The molecule has 9 heteroatoms. The fraction of sp³-hybridized carbons (Fsp3) is 0.350. The van der Waals surface area contributed by atoms with E-state index in [1.54, 1.807) is 6.20 Å². The molecule has 152 valence electrons. The van der Waals surface area contributed by atoms with Gasteiger partial charge in [-0.3, -0.25) is 14.0 Å². The number of carbonyl (C=O) groups is 1. The van der Waals surface area contributed by atoms with E-state index in [0.29, 0.717) is 34.5 Å². The van der Waals surface area contributed by atoms with Crippen LogP contribution in [0.1, 0.15) is 18.5 Å². The maximum Gasteiger partial charge on any atom is 0.258 e. The van der Waals surface area contributed by atoms with Crippen molar-refractivity contribution in [1.29, 1.82) is 0 Å². The Bertz CT molecular complexity index is 1040. The van der Waals surface area contributed by atoms with Crippen molar-refractivity contribution >= 4 is 39.7 Å². The summed E-state index contributed by atoms with van der Waals surface area (Å²) in [4.78, 5) is 29.3. The third-order valence-corrected chi connectivity index (χ3v) is 6.14. The highest BCUT2D eigenvalue weighted by Crippen LogP contribution is 2.20. The average molecular weight is 432 g/mol. The number of thiazole rings is 1. The smallest absolute Gasteiger partial charge is 0.258 e. The Morgan fingerprint density at radius 2 is 2.34 bits per heavy atom. The van der Waals surface area contributed by atoms with Gasteiger partial charge >= 0.3 is 0 Å². The van der Waals surface area contributed by atoms with Crippen molar-refractivity contribution in [3.8, 4) is 5.75 Å². The van der Waals surface area contributed by atoms with Crippen molar-refractivity contribution in [2.45, 2.75) is 24.7 Å². The average Bonchev–Trinajstić information content (AvgIpc) is 3.39. The molecule has 1 aliphatic rings. The summed E-state index contributed by atoms with van der Waals surface area (Å²) in [6, 6.07) is 8.87. The third kappa shape index (κ3) is 5.37. The molecule has 3 heterocycles. The highest BCUT2D eigenvalue weighted by molar-refractivity contribution is 7.99. The number of amides is 1. The van der Waals surface area contributed by atoms with Crippen LogP contribution in [-0.2, 0) is 15.3 Å². The van der Waals surface area contributed by atoms with E-state index < -0.39 is 0 Å². The molecular weight excluding hydrogens is 410 g/mol. The van der Waals surface area contributed by atoms with Crippen LogP contribution >= 0.6 is 23.1 Å². The lowest BCUT2D eigenvalue weighted by Crippen LogP contribution is -2.17. The van der Waals surface area contributed by atoms with E-state index in [1.807, 2.05) is 29.6 Å². The van der Waals surface area contributed by atoms with Crippen LogP contribution in [-0.4, -0.2) is 40.4 Å². The molecule has 29 heavy (non-hydrogen) atoms. The number of fused-ring (bicyclic) bond motifs is 1. The van der Waals surface area contributed by atoms with Gasteiger partial charge in [0, 0.05) is 41.8 Å². The Hall–Kier alpha value is -2.36. The van der Waals surface area contributed by atoms with Gasteiger partial charge < -0.3 is 14.8 Å². The molecule has 0 radical (unpaired) electrons. The van der Waals surface area contributed by atoms with E-state index in [2.05, 4.69) is 10.3 Å². The summed E-state index contributed by atoms with van der Waals surface area (Å²) in [7, 11) is 0. The van der Waals surface area contributed by atoms with Gasteiger partial charge in [0.05, 0.1) is 17.6 Å². The van der Waals surface area contributed by atoms with Crippen LogP contribution in [0.25, 0.3) is 4.96 Å². The number of benzene rings is 1. The third-order valence-electron chi connectivity index (χ3n) is 4.42. The van der Waals surface area contributed by atoms with Gasteiger partial charge in [-0.15, -0.1) is 23.1 Å². The number of thioether (sulfide) groups is 1. The van der Waals surface area contributed by atoms with Crippen molar-refractivity contribution < 1.29 is 14.3 Å². The van der Waals surface area contributed by atoms with Gasteiger partial charge in [-0.05, 0) is 25.0 Å². The lowest BCUT2D eigenvalue weighted by atomic mass is 10.2. The zero-order chi connectivity index (χ0) is 20.1. The standard InChI is InChI=1S/C20H21N3O4S2/c24-18(13-28-12-15-10-19(25)23-6-8-29-20(23)22-15)21-14-3-1-4-16(9-14)27-11-17-5-2-7-26-17/h1,3-4,6,8-10,17H,2,5,7,11-13H2,(H,21,24). The van der Waals surface area contributed by atoms with Crippen LogP contribution in [0.5, 0.6) is 5.75 Å². The molecule has 0 spiro atoms. The molecule has 2 aromatic heterocycles. The van der Waals surface area contributed by atoms with E-state index in [-0.39, 0.29) is 23.3 Å². The predicted molar refractivity (Wildman–Crippen MR) is 115 cm³/mol. The summed E-state index contributed by atoms with van der Waals surface area (Å²) in [5.74, 6) is 1.37. The molecule has 1 unspecified atom stereocenters. The van der Waals surface area contributed by atoms with Crippen molar-refractivity contribution in [2.75, 3.05) is 24.3 Å². The first kappa shape index (κ1) is 19.9. The molecule has 1 atom stereocenters. The summed E-state index contributed by atoms with van der Waals surface area (Å²) in [6.45, 7) is 1.32. The highest BCUT2D eigenvalue weighted by Gasteiger charge is 2.16. The van der Waals surface area contributed by atoms with Crippen molar-refractivity contribution in [3.63, 3.8) is 0 Å². The molecule has 0 saturated carbocycles. The fourth-order valence-electron chi connectivity index (χ4n) is 3.04. The number of anilines is 1. The van der Waals surface area contributed by atoms with Crippen molar-refractivity contribution in [2.24, 2.45) is 0 Å². The number of nitrogens with zero attached hydrogens (tertiary/aromatic N) is 2. The lowest BCUT2D eigenvalue weighted by Gasteiger charge is -2.12. The zero-order valence-electron chi connectivity index (χ0n) is 15.7. The number of nitrogens with one attached hydrogen (secondary N) is 1. The first-order valence-electron chi connectivity index (χ1n) is 9.35. The molecule has 1 N–H and O–H groups in total. The largest absolute Gasteiger partial charge is 0.491 e. The number of carbonyl (C=O) groups excluding carboxylic acids is 1. The van der Waals surface area contributed by atoms with Crippen LogP contribution < -0.4 is 15.6 Å². The van der Waals surface area contributed by atoms with E-state index in [1.165, 1.54) is 33.6 Å². The summed E-state index contributed by atoms with van der Waals surface area (Å²) in [6.07, 6.45) is 3.96. The monoisotopic (exact) mass is 431 g/mol. The van der Waals surface area contributed by atoms with Gasteiger partial charge in [0.1, 0.15) is 12.4 Å². The number of aromatic nitrogens is 2. The maximum atomic E-state index is 12.2. The van der Waals surface area contributed by atoms with Crippen LogP contribution in [0.2, 0.25) is 0 Å². The number of hydrogen-bond acceptors (Lipinski definition) is 7. The van der Waals surface area contributed by atoms with E-state index >= 15 is 0 Å². The summed E-state index contributed by atoms with van der Waals surface area (Å²) >= 11 is 2.83. The first-order chi connectivity index (χ1) is 14.2. The van der Waals surface area contributed by atoms with Gasteiger partial charge in [-0.2, -0.15) is 0 Å². The van der Waals surface area contributed by atoms with Crippen molar-refractivity contribution in [1.82, 2.24) is 9.38 Å². The van der Waals surface area contributed by atoms with Gasteiger partial charge in [-0.25, -0.2) is 4.98 Å². The fourth-order valence-corrected chi connectivity index (χ4v) is 4.49. The molecule has 1 fully saturated rings. The first-order valence-corrected chi connectivity index (χ1v) is 11.4. The van der Waals surface area contributed by atoms with E-state index in [0.717, 1.165) is 19.4 Å². The SMILES string of the molecule is O=C(CSCc1cc(=O)n2ccsc2n1)Nc1cccc(OCC2CCCO2)c1. The topological polar surface area (TPSA) is 81.9 Å².